The van der Waals surface area contributed by atoms with Crippen molar-refractivity contribution in [1.82, 2.24) is 15.3 Å². The fourth-order valence-electron chi connectivity index (χ4n) is 1.49. The van der Waals surface area contributed by atoms with Crippen LogP contribution in [0.15, 0.2) is 30.6 Å². The molecule has 1 aromatic heterocycles. The predicted octanol–water partition coefficient (Wildman–Crippen LogP) is 0.986. The van der Waals surface area contributed by atoms with E-state index in [1.807, 2.05) is 0 Å². The molecule has 2 rings (SSSR count). The highest BCUT2D eigenvalue weighted by Gasteiger charge is 2.17. The number of aliphatic hydroxyl groups is 1. The second-order valence-electron chi connectivity index (χ2n) is 3.87. The van der Waals surface area contributed by atoms with Gasteiger partial charge in [-0.3, -0.25) is 14.8 Å². The number of carbonyl (C=O) groups excluding carboxylic acids is 1. The highest BCUT2D eigenvalue weighted by molar-refractivity contribution is 5.97. The zero-order chi connectivity index (χ0) is 13.8. The van der Waals surface area contributed by atoms with Crippen molar-refractivity contribution >= 4 is 16.9 Å². The van der Waals surface area contributed by atoms with Gasteiger partial charge in [-0.05, 0) is 18.2 Å². The third-order valence-corrected chi connectivity index (χ3v) is 2.49. The molecule has 0 spiro atoms. The fraction of sp³-hybridized carbons (Fsp3) is 0.250. The summed E-state index contributed by atoms with van der Waals surface area (Å²) in [6.07, 6.45) is -1.74. The van der Waals surface area contributed by atoms with Crippen molar-refractivity contribution in [2.45, 2.75) is 12.5 Å². The van der Waals surface area contributed by atoms with E-state index in [9.17, 15) is 13.6 Å². The van der Waals surface area contributed by atoms with Gasteiger partial charge in [-0.15, -0.1) is 0 Å². The number of aliphatic hydroxyl groups excluding tert-OH is 1. The number of benzene rings is 1. The second-order valence-corrected chi connectivity index (χ2v) is 3.87. The first-order valence-electron chi connectivity index (χ1n) is 5.53. The van der Waals surface area contributed by atoms with Gasteiger partial charge in [-0.25, -0.2) is 8.78 Å². The Balaban J connectivity index is 2.09. The Bertz CT molecular complexity index is 592. The zero-order valence-electron chi connectivity index (χ0n) is 9.75. The van der Waals surface area contributed by atoms with Gasteiger partial charge in [0, 0.05) is 24.5 Å². The minimum Gasteiger partial charge on any atom is -0.385 e. The molecule has 1 amide bonds. The SMILES string of the molecule is O=C(NCC(O)C(F)F)c1ccc2nccnc2c1. The van der Waals surface area contributed by atoms with Gasteiger partial charge in [0.05, 0.1) is 11.0 Å². The highest BCUT2D eigenvalue weighted by atomic mass is 19.3. The van der Waals surface area contributed by atoms with E-state index in [1.54, 1.807) is 6.07 Å². The number of aromatic nitrogens is 2. The van der Waals surface area contributed by atoms with Crippen LogP contribution >= 0.6 is 0 Å². The van der Waals surface area contributed by atoms with E-state index in [1.165, 1.54) is 24.5 Å². The summed E-state index contributed by atoms with van der Waals surface area (Å²) in [6.45, 7) is -0.505. The fourth-order valence-corrected chi connectivity index (χ4v) is 1.49. The lowest BCUT2D eigenvalue weighted by atomic mass is 10.2. The number of nitrogens with zero attached hydrogens (tertiary/aromatic N) is 2. The molecule has 7 heteroatoms. The summed E-state index contributed by atoms with van der Waals surface area (Å²) < 4.78 is 24.1. The summed E-state index contributed by atoms with van der Waals surface area (Å²) in [5.74, 6) is -0.549. The van der Waals surface area contributed by atoms with Crippen molar-refractivity contribution < 1.29 is 18.7 Å². The Morgan fingerprint density at radius 3 is 2.63 bits per heavy atom. The molecule has 0 radical (unpaired) electrons. The van der Waals surface area contributed by atoms with Gasteiger partial charge in [-0.1, -0.05) is 0 Å². The van der Waals surface area contributed by atoms with E-state index >= 15 is 0 Å². The smallest absolute Gasteiger partial charge is 0.265 e. The molecule has 1 unspecified atom stereocenters. The number of rotatable bonds is 4. The summed E-state index contributed by atoms with van der Waals surface area (Å²) in [7, 11) is 0. The molecule has 0 saturated carbocycles. The normalized spacial score (nSPS) is 12.6. The van der Waals surface area contributed by atoms with Gasteiger partial charge in [0.25, 0.3) is 12.3 Å². The van der Waals surface area contributed by atoms with Crippen LogP contribution in [0, 0.1) is 0 Å². The van der Waals surface area contributed by atoms with E-state index in [-0.39, 0.29) is 5.56 Å². The van der Waals surface area contributed by atoms with Crippen LogP contribution in [0.1, 0.15) is 10.4 Å². The van der Waals surface area contributed by atoms with Crippen molar-refractivity contribution in [3.05, 3.63) is 36.2 Å². The quantitative estimate of drug-likeness (QED) is 0.866. The Hall–Kier alpha value is -2.15. The van der Waals surface area contributed by atoms with Crippen LogP contribution in [-0.2, 0) is 0 Å². The van der Waals surface area contributed by atoms with Gasteiger partial charge in [-0.2, -0.15) is 0 Å². The summed E-state index contributed by atoms with van der Waals surface area (Å²) in [4.78, 5) is 19.8. The molecule has 19 heavy (non-hydrogen) atoms. The van der Waals surface area contributed by atoms with Crippen LogP contribution in [0.25, 0.3) is 11.0 Å². The van der Waals surface area contributed by atoms with Crippen molar-refractivity contribution in [2.75, 3.05) is 6.54 Å². The summed E-state index contributed by atoms with van der Waals surface area (Å²) in [5, 5.41) is 11.1. The summed E-state index contributed by atoms with van der Waals surface area (Å²) >= 11 is 0. The number of carbonyl (C=O) groups is 1. The Labute approximate surface area is 107 Å². The van der Waals surface area contributed by atoms with Gasteiger partial charge in [0.2, 0.25) is 0 Å². The number of nitrogens with one attached hydrogen (secondary N) is 1. The van der Waals surface area contributed by atoms with Gasteiger partial charge in [0.1, 0.15) is 6.10 Å². The summed E-state index contributed by atoms with van der Waals surface area (Å²) in [6, 6.07) is 4.63. The minimum absolute atomic E-state index is 0.273. The number of hydrogen-bond donors (Lipinski definition) is 2. The van der Waals surface area contributed by atoms with Crippen LogP contribution in [-0.4, -0.2) is 40.1 Å². The first-order chi connectivity index (χ1) is 9.08. The lowest BCUT2D eigenvalue weighted by Crippen LogP contribution is -2.35. The van der Waals surface area contributed by atoms with Crippen LogP contribution in [0.5, 0.6) is 0 Å². The molecule has 0 saturated heterocycles. The van der Waals surface area contributed by atoms with Crippen LogP contribution in [0.2, 0.25) is 0 Å². The molecule has 100 valence electrons. The molecule has 0 aliphatic rings. The van der Waals surface area contributed by atoms with Crippen molar-refractivity contribution in [3.63, 3.8) is 0 Å². The van der Waals surface area contributed by atoms with Crippen molar-refractivity contribution in [1.29, 1.82) is 0 Å². The molecule has 1 heterocycles. The lowest BCUT2D eigenvalue weighted by Gasteiger charge is -2.10. The summed E-state index contributed by atoms with van der Waals surface area (Å²) in [5.41, 5.74) is 1.44. The average molecular weight is 267 g/mol. The highest BCUT2D eigenvalue weighted by Crippen LogP contribution is 2.10. The average Bonchev–Trinajstić information content (AvgIpc) is 2.43. The van der Waals surface area contributed by atoms with E-state index in [0.29, 0.717) is 11.0 Å². The van der Waals surface area contributed by atoms with E-state index in [2.05, 4.69) is 15.3 Å². The molecule has 0 aliphatic heterocycles. The number of alkyl halides is 2. The van der Waals surface area contributed by atoms with E-state index in [4.69, 9.17) is 5.11 Å². The third-order valence-electron chi connectivity index (χ3n) is 2.49. The van der Waals surface area contributed by atoms with Crippen LogP contribution in [0.3, 0.4) is 0 Å². The predicted molar refractivity (Wildman–Crippen MR) is 63.9 cm³/mol. The first kappa shape index (κ1) is 13.3. The third kappa shape index (κ3) is 3.19. The minimum atomic E-state index is -2.89. The van der Waals surface area contributed by atoms with E-state index < -0.39 is 25.0 Å². The van der Waals surface area contributed by atoms with Gasteiger partial charge >= 0.3 is 0 Å². The lowest BCUT2D eigenvalue weighted by molar-refractivity contribution is -0.00270. The maximum Gasteiger partial charge on any atom is 0.265 e. The maximum absolute atomic E-state index is 12.1. The van der Waals surface area contributed by atoms with Gasteiger partial charge in [0.15, 0.2) is 0 Å². The number of amides is 1. The Kier molecular flexibility index (Phi) is 3.96. The van der Waals surface area contributed by atoms with E-state index in [0.717, 1.165) is 0 Å². The van der Waals surface area contributed by atoms with Crippen LogP contribution in [0.4, 0.5) is 8.78 Å². The molecule has 1 aromatic carbocycles. The zero-order valence-corrected chi connectivity index (χ0v) is 9.75. The Morgan fingerprint density at radius 2 is 1.95 bits per heavy atom. The molecular weight excluding hydrogens is 256 g/mol. The molecule has 0 bridgehead atoms. The molecule has 1 atom stereocenters. The number of fused-ring (bicyclic) bond motifs is 1. The van der Waals surface area contributed by atoms with Crippen molar-refractivity contribution in [3.8, 4) is 0 Å². The number of hydrogen-bond acceptors (Lipinski definition) is 4. The monoisotopic (exact) mass is 267 g/mol. The standard InChI is InChI=1S/C12H11F2N3O2/c13-11(14)10(18)6-17-12(19)7-1-2-8-9(5-7)16-4-3-15-8/h1-5,10-11,18H,6H2,(H,17,19). The Morgan fingerprint density at radius 1 is 1.26 bits per heavy atom. The first-order valence-corrected chi connectivity index (χ1v) is 5.53. The topological polar surface area (TPSA) is 75.1 Å². The molecular formula is C12H11F2N3O2. The molecule has 2 aromatic rings. The van der Waals surface area contributed by atoms with Gasteiger partial charge < -0.3 is 10.4 Å². The largest absolute Gasteiger partial charge is 0.385 e. The molecule has 0 fully saturated rings. The molecule has 0 aliphatic carbocycles. The number of halogens is 2. The molecule has 5 nitrogen and oxygen atoms in total. The molecule has 2 N–H and O–H groups in total. The van der Waals surface area contributed by atoms with Crippen molar-refractivity contribution in [2.24, 2.45) is 0 Å². The maximum atomic E-state index is 12.1. The van der Waals surface area contributed by atoms with Crippen LogP contribution < -0.4 is 5.32 Å². The second kappa shape index (κ2) is 5.66.